The lowest BCUT2D eigenvalue weighted by atomic mass is 9.81. The highest BCUT2D eigenvalue weighted by Crippen LogP contribution is 2.27. The van der Waals surface area contributed by atoms with Gasteiger partial charge in [0, 0.05) is 12.4 Å². The second-order valence-electron chi connectivity index (χ2n) is 3.59. The number of hydrogen-bond acceptors (Lipinski definition) is 2. The molecule has 78 valence electrons. The fourth-order valence-electron chi connectivity index (χ4n) is 1.42. The number of carboxylic acids is 1. The monoisotopic (exact) mass is 196 g/mol. The van der Waals surface area contributed by atoms with Crippen molar-refractivity contribution < 1.29 is 9.90 Å². The van der Waals surface area contributed by atoms with Crippen LogP contribution in [0.4, 0.5) is 0 Å². The maximum Gasteiger partial charge on any atom is 0.313 e. The molecule has 4 nitrogen and oxygen atoms in total. The van der Waals surface area contributed by atoms with Crippen LogP contribution in [0.25, 0.3) is 0 Å². The molecule has 1 atom stereocenters. The number of hydrogen-bond donors (Lipinski definition) is 3. The second-order valence-corrected chi connectivity index (χ2v) is 3.59. The molecular weight excluding hydrogens is 180 g/mol. The summed E-state index contributed by atoms with van der Waals surface area (Å²) in [6, 6.07) is 1.81. The third kappa shape index (κ3) is 1.96. The van der Waals surface area contributed by atoms with E-state index in [0.717, 1.165) is 5.56 Å². The molecule has 0 aliphatic carbocycles. The van der Waals surface area contributed by atoms with E-state index in [2.05, 4.69) is 10.3 Å². The molecule has 0 amide bonds. The molecule has 0 aromatic carbocycles. The Kier molecular flexibility index (Phi) is 3.30. The third-order valence-electron chi connectivity index (χ3n) is 2.58. The zero-order chi connectivity index (χ0) is 10.6. The van der Waals surface area contributed by atoms with Gasteiger partial charge in [0.1, 0.15) is 0 Å². The Bertz CT molecular complexity index is 295. The molecule has 1 rings (SSSR count). The van der Waals surface area contributed by atoms with Gasteiger partial charge in [0.15, 0.2) is 0 Å². The molecule has 1 unspecified atom stereocenters. The molecule has 0 radical (unpaired) electrons. The smallest absolute Gasteiger partial charge is 0.313 e. The lowest BCUT2D eigenvalue weighted by Crippen LogP contribution is -2.35. The normalized spacial score (nSPS) is 15.0. The summed E-state index contributed by atoms with van der Waals surface area (Å²) >= 11 is 0. The average Bonchev–Trinajstić information content (AvgIpc) is 2.66. The van der Waals surface area contributed by atoms with Gasteiger partial charge >= 0.3 is 5.97 Å². The van der Waals surface area contributed by atoms with Gasteiger partial charge in [-0.15, -0.1) is 0 Å². The van der Waals surface area contributed by atoms with Gasteiger partial charge in [-0.05, 0) is 38.6 Å². The molecule has 0 fully saturated rings. The average molecular weight is 196 g/mol. The number of rotatable bonds is 5. The van der Waals surface area contributed by atoms with Gasteiger partial charge < -0.3 is 15.4 Å². The first-order chi connectivity index (χ1) is 6.61. The Morgan fingerprint density at radius 2 is 2.43 bits per heavy atom. The fourth-order valence-corrected chi connectivity index (χ4v) is 1.42. The van der Waals surface area contributed by atoms with Crippen LogP contribution in [0.5, 0.6) is 0 Å². The van der Waals surface area contributed by atoms with Crippen molar-refractivity contribution in [3.63, 3.8) is 0 Å². The molecule has 1 aromatic rings. The summed E-state index contributed by atoms with van der Waals surface area (Å²) in [4.78, 5) is 14.1. The van der Waals surface area contributed by atoms with Crippen LogP contribution in [-0.2, 0) is 10.2 Å². The molecule has 0 saturated heterocycles. The quantitative estimate of drug-likeness (QED) is 0.657. The van der Waals surface area contributed by atoms with E-state index in [1.807, 2.05) is 13.1 Å². The Balaban J connectivity index is 2.87. The predicted molar refractivity (Wildman–Crippen MR) is 54.3 cm³/mol. The minimum atomic E-state index is -0.803. The van der Waals surface area contributed by atoms with E-state index < -0.39 is 11.4 Å². The maximum absolute atomic E-state index is 11.2. The number of carboxylic acid groups (broad SMARTS) is 1. The minimum Gasteiger partial charge on any atom is -0.481 e. The molecule has 0 aliphatic heterocycles. The van der Waals surface area contributed by atoms with Crippen LogP contribution in [0.3, 0.4) is 0 Å². The molecule has 0 bridgehead atoms. The standard InChI is InChI=1S/C10H16N2O2/c1-10(9(13)14,4-6-11-2)8-3-5-12-7-8/h3,5,7,11-12H,4,6H2,1-2H3,(H,13,14). The zero-order valence-corrected chi connectivity index (χ0v) is 8.50. The molecule has 1 aromatic heterocycles. The van der Waals surface area contributed by atoms with E-state index in [4.69, 9.17) is 0 Å². The maximum atomic E-state index is 11.2. The van der Waals surface area contributed by atoms with E-state index >= 15 is 0 Å². The summed E-state index contributed by atoms with van der Waals surface area (Å²) in [7, 11) is 1.82. The van der Waals surface area contributed by atoms with Crippen LogP contribution >= 0.6 is 0 Å². The van der Waals surface area contributed by atoms with Crippen molar-refractivity contribution in [2.24, 2.45) is 0 Å². The van der Waals surface area contributed by atoms with Crippen molar-refractivity contribution in [3.8, 4) is 0 Å². The Labute approximate surface area is 83.3 Å². The van der Waals surface area contributed by atoms with Crippen LogP contribution in [0.2, 0.25) is 0 Å². The summed E-state index contributed by atoms with van der Waals surface area (Å²) in [6.45, 7) is 2.43. The number of nitrogens with one attached hydrogen (secondary N) is 2. The summed E-state index contributed by atoms with van der Waals surface area (Å²) in [5.74, 6) is -0.785. The second kappa shape index (κ2) is 4.28. The van der Waals surface area contributed by atoms with Crippen molar-refractivity contribution in [1.29, 1.82) is 0 Å². The van der Waals surface area contributed by atoms with Crippen molar-refractivity contribution in [1.82, 2.24) is 10.3 Å². The van der Waals surface area contributed by atoms with Crippen LogP contribution in [-0.4, -0.2) is 29.7 Å². The van der Waals surface area contributed by atoms with Crippen LogP contribution < -0.4 is 5.32 Å². The van der Waals surface area contributed by atoms with Gasteiger partial charge in [0.05, 0.1) is 5.41 Å². The number of H-pyrrole nitrogens is 1. The van der Waals surface area contributed by atoms with Crippen molar-refractivity contribution >= 4 is 5.97 Å². The molecule has 0 aliphatic rings. The van der Waals surface area contributed by atoms with Gasteiger partial charge in [0.2, 0.25) is 0 Å². The molecule has 0 spiro atoms. The molecule has 1 heterocycles. The highest BCUT2D eigenvalue weighted by molar-refractivity contribution is 5.80. The summed E-state index contributed by atoms with van der Waals surface area (Å²) < 4.78 is 0. The third-order valence-corrected chi connectivity index (χ3v) is 2.58. The van der Waals surface area contributed by atoms with Crippen LogP contribution in [0.1, 0.15) is 18.9 Å². The minimum absolute atomic E-state index is 0.580. The first kappa shape index (κ1) is 10.8. The summed E-state index contributed by atoms with van der Waals surface area (Å²) in [6.07, 6.45) is 4.07. The topological polar surface area (TPSA) is 65.1 Å². The molecule has 0 saturated carbocycles. The van der Waals surface area contributed by atoms with Crippen molar-refractivity contribution in [2.75, 3.05) is 13.6 Å². The van der Waals surface area contributed by atoms with E-state index in [1.54, 1.807) is 19.3 Å². The van der Waals surface area contributed by atoms with E-state index in [0.29, 0.717) is 13.0 Å². The SMILES string of the molecule is CNCCC(C)(C(=O)O)c1cc[nH]c1. The predicted octanol–water partition coefficient (Wildman–Crippen LogP) is 0.966. The van der Waals surface area contributed by atoms with Gasteiger partial charge in [-0.25, -0.2) is 0 Å². The molecule has 3 N–H and O–H groups in total. The first-order valence-corrected chi connectivity index (χ1v) is 4.62. The first-order valence-electron chi connectivity index (χ1n) is 4.62. The van der Waals surface area contributed by atoms with Gasteiger partial charge in [-0.2, -0.15) is 0 Å². The van der Waals surface area contributed by atoms with Crippen molar-refractivity contribution in [2.45, 2.75) is 18.8 Å². The van der Waals surface area contributed by atoms with Gasteiger partial charge in [-0.3, -0.25) is 4.79 Å². The lowest BCUT2D eigenvalue weighted by molar-refractivity contribution is -0.143. The number of aliphatic carboxylic acids is 1. The van der Waals surface area contributed by atoms with Crippen LogP contribution in [0, 0.1) is 0 Å². The molecule has 4 heteroatoms. The Morgan fingerprint density at radius 1 is 1.71 bits per heavy atom. The lowest BCUT2D eigenvalue weighted by Gasteiger charge is -2.23. The number of aromatic nitrogens is 1. The fraction of sp³-hybridized carbons (Fsp3) is 0.500. The van der Waals surface area contributed by atoms with E-state index in [1.165, 1.54) is 0 Å². The summed E-state index contributed by atoms with van der Waals surface area (Å²) in [5, 5.41) is 12.2. The molecule has 14 heavy (non-hydrogen) atoms. The Hall–Kier alpha value is -1.29. The highest BCUT2D eigenvalue weighted by Gasteiger charge is 2.34. The summed E-state index contributed by atoms with van der Waals surface area (Å²) in [5.41, 5.74) is 0.0171. The number of aromatic amines is 1. The van der Waals surface area contributed by atoms with Gasteiger partial charge in [0.25, 0.3) is 0 Å². The van der Waals surface area contributed by atoms with Gasteiger partial charge in [-0.1, -0.05) is 0 Å². The van der Waals surface area contributed by atoms with E-state index in [-0.39, 0.29) is 0 Å². The molecular formula is C10H16N2O2. The van der Waals surface area contributed by atoms with Crippen molar-refractivity contribution in [3.05, 3.63) is 24.0 Å². The number of carbonyl (C=O) groups is 1. The Morgan fingerprint density at radius 3 is 2.86 bits per heavy atom. The van der Waals surface area contributed by atoms with Crippen LogP contribution in [0.15, 0.2) is 18.5 Å². The largest absolute Gasteiger partial charge is 0.481 e. The highest BCUT2D eigenvalue weighted by atomic mass is 16.4. The van der Waals surface area contributed by atoms with E-state index in [9.17, 15) is 9.90 Å². The zero-order valence-electron chi connectivity index (χ0n) is 8.50.